The van der Waals surface area contributed by atoms with Gasteiger partial charge in [-0.3, -0.25) is 9.69 Å². The summed E-state index contributed by atoms with van der Waals surface area (Å²) < 4.78 is 4.98. The molecule has 5 nitrogen and oxygen atoms in total. The molecule has 78 valence electrons. The number of hydrogen-bond donors (Lipinski definition) is 1. The number of likely N-dealkylation sites (N-methyl/N-ethyl adjacent to an activating group) is 1. The maximum Gasteiger partial charge on any atom is 0.317 e. The zero-order chi connectivity index (χ0) is 10.7. The summed E-state index contributed by atoms with van der Waals surface area (Å²) in [4.78, 5) is 12.1. The third kappa shape index (κ3) is 2.56. The molecule has 0 bridgehead atoms. The third-order valence-corrected chi connectivity index (χ3v) is 2.01. The van der Waals surface area contributed by atoms with E-state index in [1.54, 1.807) is 11.9 Å². The molecule has 1 aromatic rings. The van der Waals surface area contributed by atoms with E-state index in [0.29, 0.717) is 6.54 Å². The van der Waals surface area contributed by atoms with Gasteiger partial charge in [-0.05, 0) is 20.9 Å². The highest BCUT2D eigenvalue weighted by Gasteiger charge is 2.12. The van der Waals surface area contributed by atoms with Gasteiger partial charge in [0.15, 0.2) is 0 Å². The molecule has 0 unspecified atom stereocenters. The summed E-state index contributed by atoms with van der Waals surface area (Å²) in [5.41, 5.74) is 1.79. The summed E-state index contributed by atoms with van der Waals surface area (Å²) in [6, 6.07) is 0. The van der Waals surface area contributed by atoms with Crippen LogP contribution >= 0.6 is 0 Å². The number of rotatable bonds is 4. The average molecular weight is 198 g/mol. The van der Waals surface area contributed by atoms with Crippen molar-refractivity contribution in [2.75, 3.05) is 13.6 Å². The molecule has 0 aliphatic rings. The molecule has 1 N–H and O–H groups in total. The molecule has 0 radical (unpaired) electrons. The van der Waals surface area contributed by atoms with Crippen molar-refractivity contribution in [3.8, 4) is 0 Å². The molecular weight excluding hydrogens is 184 g/mol. The van der Waals surface area contributed by atoms with Crippen molar-refractivity contribution in [2.24, 2.45) is 0 Å². The highest BCUT2D eigenvalue weighted by atomic mass is 16.5. The fourth-order valence-corrected chi connectivity index (χ4v) is 1.28. The molecule has 1 rings (SSSR count). The Bertz CT molecular complexity index is 313. The molecule has 1 heterocycles. The van der Waals surface area contributed by atoms with Gasteiger partial charge in [-0.1, -0.05) is 5.16 Å². The van der Waals surface area contributed by atoms with Gasteiger partial charge >= 0.3 is 5.97 Å². The van der Waals surface area contributed by atoms with E-state index in [1.807, 2.05) is 13.8 Å². The second kappa shape index (κ2) is 4.23. The first-order valence-corrected chi connectivity index (χ1v) is 4.32. The quantitative estimate of drug-likeness (QED) is 0.775. The SMILES string of the molecule is Cc1noc(C)c1CN(C)CC(=O)O. The maximum atomic E-state index is 10.4. The number of nitrogens with zero attached hydrogens (tertiary/aromatic N) is 2. The van der Waals surface area contributed by atoms with Crippen LogP contribution in [0.1, 0.15) is 17.0 Å². The second-order valence-corrected chi connectivity index (χ2v) is 3.37. The summed E-state index contributed by atoms with van der Waals surface area (Å²) in [6.07, 6.45) is 0. The van der Waals surface area contributed by atoms with Crippen LogP contribution < -0.4 is 0 Å². The molecule has 0 atom stereocenters. The number of aliphatic carboxylic acids is 1. The highest BCUT2D eigenvalue weighted by Crippen LogP contribution is 2.13. The Morgan fingerprint density at radius 1 is 1.57 bits per heavy atom. The largest absolute Gasteiger partial charge is 0.480 e. The van der Waals surface area contributed by atoms with Gasteiger partial charge in [-0.25, -0.2) is 0 Å². The monoisotopic (exact) mass is 198 g/mol. The predicted octanol–water partition coefficient (Wildman–Crippen LogP) is 0.808. The molecule has 1 aromatic heterocycles. The molecule has 0 aliphatic heterocycles. The normalized spacial score (nSPS) is 10.9. The summed E-state index contributed by atoms with van der Waals surface area (Å²) in [5.74, 6) is -0.0843. The number of carbonyl (C=O) groups is 1. The molecule has 0 saturated heterocycles. The molecule has 0 aliphatic carbocycles. The van der Waals surface area contributed by atoms with Gasteiger partial charge < -0.3 is 9.63 Å². The van der Waals surface area contributed by atoms with E-state index in [4.69, 9.17) is 9.63 Å². The fourth-order valence-electron chi connectivity index (χ4n) is 1.28. The minimum atomic E-state index is -0.834. The lowest BCUT2D eigenvalue weighted by Crippen LogP contribution is -2.25. The van der Waals surface area contributed by atoms with Crippen LogP contribution in [-0.4, -0.2) is 34.7 Å². The summed E-state index contributed by atoms with van der Waals surface area (Å²) in [7, 11) is 1.75. The molecule has 0 saturated carbocycles. The number of aryl methyl sites for hydroxylation is 2. The Morgan fingerprint density at radius 2 is 2.21 bits per heavy atom. The number of carboxylic acid groups (broad SMARTS) is 1. The van der Waals surface area contributed by atoms with Gasteiger partial charge in [0.05, 0.1) is 12.2 Å². The number of aromatic nitrogens is 1. The summed E-state index contributed by atoms with van der Waals surface area (Å²) in [5, 5.41) is 12.4. The first kappa shape index (κ1) is 10.7. The standard InChI is InChI=1S/C9H14N2O3/c1-6-8(7(2)14-10-6)4-11(3)5-9(12)13/h4-5H2,1-3H3,(H,12,13). The molecule has 5 heteroatoms. The van der Waals surface area contributed by atoms with E-state index in [0.717, 1.165) is 17.0 Å². The minimum Gasteiger partial charge on any atom is -0.480 e. The van der Waals surface area contributed by atoms with Crippen LogP contribution in [0.5, 0.6) is 0 Å². The van der Waals surface area contributed by atoms with E-state index in [-0.39, 0.29) is 6.54 Å². The zero-order valence-corrected chi connectivity index (χ0v) is 8.57. The maximum absolute atomic E-state index is 10.4. The van der Waals surface area contributed by atoms with Crippen molar-refractivity contribution in [3.63, 3.8) is 0 Å². The zero-order valence-electron chi connectivity index (χ0n) is 8.57. The summed E-state index contributed by atoms with van der Waals surface area (Å²) >= 11 is 0. The Kier molecular flexibility index (Phi) is 3.24. The van der Waals surface area contributed by atoms with Crippen LogP contribution in [0.4, 0.5) is 0 Å². The minimum absolute atomic E-state index is 0.0179. The molecule has 0 amide bonds. The van der Waals surface area contributed by atoms with Crippen molar-refractivity contribution < 1.29 is 14.4 Å². The topological polar surface area (TPSA) is 66.6 Å². The van der Waals surface area contributed by atoms with Gasteiger partial charge in [0.1, 0.15) is 5.76 Å². The number of carboxylic acids is 1. The Balaban J connectivity index is 2.64. The molecule has 0 aromatic carbocycles. The van der Waals surface area contributed by atoms with Crippen LogP contribution in [0, 0.1) is 13.8 Å². The van der Waals surface area contributed by atoms with E-state index in [2.05, 4.69) is 5.16 Å². The van der Waals surface area contributed by atoms with Crippen molar-refractivity contribution in [3.05, 3.63) is 17.0 Å². The van der Waals surface area contributed by atoms with Crippen molar-refractivity contribution in [1.82, 2.24) is 10.1 Å². The van der Waals surface area contributed by atoms with Crippen LogP contribution in [0.25, 0.3) is 0 Å². The van der Waals surface area contributed by atoms with Gasteiger partial charge in [0.2, 0.25) is 0 Å². The smallest absolute Gasteiger partial charge is 0.317 e. The van der Waals surface area contributed by atoms with Gasteiger partial charge in [0.25, 0.3) is 0 Å². The van der Waals surface area contributed by atoms with Crippen LogP contribution in [-0.2, 0) is 11.3 Å². The molecule has 0 fully saturated rings. The molecule has 0 spiro atoms. The predicted molar refractivity (Wildman–Crippen MR) is 49.9 cm³/mol. The Morgan fingerprint density at radius 3 is 2.64 bits per heavy atom. The Labute approximate surface area is 82.3 Å². The van der Waals surface area contributed by atoms with Crippen molar-refractivity contribution >= 4 is 5.97 Å². The number of hydrogen-bond acceptors (Lipinski definition) is 4. The van der Waals surface area contributed by atoms with Crippen molar-refractivity contribution in [2.45, 2.75) is 20.4 Å². The summed E-state index contributed by atoms with van der Waals surface area (Å²) in [6.45, 7) is 4.24. The van der Waals surface area contributed by atoms with Gasteiger partial charge in [0, 0.05) is 12.1 Å². The lowest BCUT2D eigenvalue weighted by atomic mass is 10.2. The van der Waals surface area contributed by atoms with Crippen molar-refractivity contribution in [1.29, 1.82) is 0 Å². The lowest BCUT2D eigenvalue weighted by molar-refractivity contribution is -0.138. The molecular formula is C9H14N2O3. The van der Waals surface area contributed by atoms with E-state index in [1.165, 1.54) is 0 Å². The fraction of sp³-hybridized carbons (Fsp3) is 0.556. The van der Waals surface area contributed by atoms with E-state index < -0.39 is 5.97 Å². The van der Waals surface area contributed by atoms with Gasteiger partial charge in [-0.2, -0.15) is 0 Å². The molecule has 14 heavy (non-hydrogen) atoms. The Hall–Kier alpha value is -1.36. The first-order valence-electron chi connectivity index (χ1n) is 4.32. The van der Waals surface area contributed by atoms with Gasteiger partial charge in [-0.15, -0.1) is 0 Å². The first-order chi connectivity index (χ1) is 6.50. The lowest BCUT2D eigenvalue weighted by Gasteiger charge is -2.12. The van der Waals surface area contributed by atoms with Crippen LogP contribution in [0.15, 0.2) is 4.52 Å². The van der Waals surface area contributed by atoms with E-state index >= 15 is 0 Å². The second-order valence-electron chi connectivity index (χ2n) is 3.37. The van der Waals surface area contributed by atoms with E-state index in [9.17, 15) is 4.79 Å². The third-order valence-electron chi connectivity index (χ3n) is 2.01. The van der Waals surface area contributed by atoms with Crippen LogP contribution in [0.3, 0.4) is 0 Å². The van der Waals surface area contributed by atoms with Crippen LogP contribution in [0.2, 0.25) is 0 Å². The highest BCUT2D eigenvalue weighted by molar-refractivity contribution is 5.69. The average Bonchev–Trinajstić information content (AvgIpc) is 2.34.